The molecular formula is C14H18F. The fraction of sp³-hybridized carbons (Fsp3) is 0.500. The summed E-state index contributed by atoms with van der Waals surface area (Å²) in [5.41, 5.74) is 1.15. The lowest BCUT2D eigenvalue weighted by Crippen LogP contribution is -2.06. The van der Waals surface area contributed by atoms with E-state index >= 15 is 0 Å². The number of hydrogen-bond donors (Lipinski definition) is 0. The Kier molecular flexibility index (Phi) is 3.76. The minimum atomic E-state index is -0.148. The molecule has 1 fully saturated rings. The van der Waals surface area contributed by atoms with Crippen LogP contribution >= 0.6 is 0 Å². The van der Waals surface area contributed by atoms with E-state index in [4.69, 9.17) is 0 Å². The molecule has 1 aliphatic carbocycles. The molecule has 0 aliphatic heterocycles. The Balaban J connectivity index is 1.79. The van der Waals surface area contributed by atoms with Gasteiger partial charge < -0.3 is 0 Å². The van der Waals surface area contributed by atoms with Gasteiger partial charge in [-0.3, -0.25) is 0 Å². The Morgan fingerprint density at radius 2 is 1.73 bits per heavy atom. The molecule has 1 saturated carbocycles. The Morgan fingerprint density at radius 1 is 1.07 bits per heavy atom. The molecule has 2 rings (SSSR count). The van der Waals surface area contributed by atoms with E-state index in [9.17, 15) is 4.39 Å². The van der Waals surface area contributed by atoms with Crippen molar-refractivity contribution in [3.8, 4) is 0 Å². The quantitative estimate of drug-likeness (QED) is 0.688. The van der Waals surface area contributed by atoms with Crippen LogP contribution in [0.5, 0.6) is 0 Å². The van der Waals surface area contributed by atoms with Crippen LogP contribution in [0.3, 0.4) is 0 Å². The van der Waals surface area contributed by atoms with Crippen molar-refractivity contribution in [2.75, 3.05) is 0 Å². The van der Waals surface area contributed by atoms with E-state index in [2.05, 4.69) is 6.42 Å². The van der Waals surface area contributed by atoms with E-state index < -0.39 is 0 Å². The van der Waals surface area contributed by atoms with Crippen LogP contribution in [0.25, 0.3) is 0 Å². The van der Waals surface area contributed by atoms with E-state index in [-0.39, 0.29) is 5.82 Å². The first kappa shape index (κ1) is 10.7. The first-order valence-corrected chi connectivity index (χ1v) is 5.93. The molecule has 0 nitrogen and oxygen atoms in total. The van der Waals surface area contributed by atoms with Crippen LogP contribution < -0.4 is 0 Å². The minimum Gasteiger partial charge on any atom is -0.207 e. The number of hydrogen-bond acceptors (Lipinski definition) is 0. The van der Waals surface area contributed by atoms with E-state index in [1.807, 2.05) is 12.1 Å². The van der Waals surface area contributed by atoms with Gasteiger partial charge in [0.2, 0.25) is 0 Å². The Morgan fingerprint density at radius 3 is 2.40 bits per heavy atom. The van der Waals surface area contributed by atoms with E-state index in [0.29, 0.717) is 0 Å². The molecule has 1 aromatic carbocycles. The molecule has 0 atom stereocenters. The number of halogens is 1. The zero-order chi connectivity index (χ0) is 10.5. The van der Waals surface area contributed by atoms with Crippen LogP contribution in [0, 0.1) is 18.2 Å². The summed E-state index contributed by atoms with van der Waals surface area (Å²) in [6.45, 7) is 0. The van der Waals surface area contributed by atoms with Gasteiger partial charge in [-0.05, 0) is 36.5 Å². The van der Waals surface area contributed by atoms with Crippen LogP contribution in [0.15, 0.2) is 24.3 Å². The second kappa shape index (κ2) is 5.29. The molecule has 1 heteroatoms. The highest BCUT2D eigenvalue weighted by molar-refractivity contribution is 5.23. The van der Waals surface area contributed by atoms with Crippen molar-refractivity contribution >= 4 is 0 Å². The van der Waals surface area contributed by atoms with Crippen molar-refractivity contribution in [1.82, 2.24) is 0 Å². The second-order valence-electron chi connectivity index (χ2n) is 4.50. The standard InChI is InChI=1S/C14H18F/c15-14-10-8-13(9-11-14)7-6-12-4-2-1-3-5-12/h7-12H,1-6H2. The largest absolute Gasteiger partial charge is 0.207 e. The molecular weight excluding hydrogens is 187 g/mol. The maximum absolute atomic E-state index is 12.7. The molecule has 0 heterocycles. The third-order valence-electron chi connectivity index (χ3n) is 3.28. The predicted octanol–water partition coefficient (Wildman–Crippen LogP) is 4.35. The molecule has 0 aromatic heterocycles. The van der Waals surface area contributed by atoms with E-state index in [1.54, 1.807) is 0 Å². The molecule has 1 aliphatic rings. The summed E-state index contributed by atoms with van der Waals surface area (Å²) in [4.78, 5) is 0. The average Bonchev–Trinajstić information content (AvgIpc) is 2.30. The second-order valence-corrected chi connectivity index (χ2v) is 4.50. The molecule has 15 heavy (non-hydrogen) atoms. The fourth-order valence-electron chi connectivity index (χ4n) is 2.32. The summed E-state index contributed by atoms with van der Waals surface area (Å²) in [5, 5.41) is 0. The predicted molar refractivity (Wildman–Crippen MR) is 61.0 cm³/mol. The van der Waals surface area contributed by atoms with Gasteiger partial charge in [-0.2, -0.15) is 0 Å². The zero-order valence-corrected chi connectivity index (χ0v) is 9.08. The van der Waals surface area contributed by atoms with Gasteiger partial charge in [0.25, 0.3) is 0 Å². The smallest absolute Gasteiger partial charge is 0.123 e. The highest BCUT2D eigenvalue weighted by Gasteiger charge is 2.12. The summed E-state index contributed by atoms with van der Waals surface area (Å²) in [7, 11) is 0. The van der Waals surface area contributed by atoms with Crippen LogP contribution in [0.2, 0.25) is 0 Å². The van der Waals surface area contributed by atoms with Crippen molar-refractivity contribution in [3.05, 3.63) is 42.1 Å². The summed E-state index contributed by atoms with van der Waals surface area (Å²) in [6.07, 6.45) is 10.3. The molecule has 0 bridgehead atoms. The van der Waals surface area contributed by atoms with E-state index in [0.717, 1.165) is 17.9 Å². The third kappa shape index (κ3) is 3.33. The van der Waals surface area contributed by atoms with Gasteiger partial charge in [0.05, 0.1) is 0 Å². The van der Waals surface area contributed by atoms with Crippen molar-refractivity contribution in [2.45, 2.75) is 38.5 Å². The monoisotopic (exact) mass is 205 g/mol. The summed E-state index contributed by atoms with van der Waals surface area (Å²) < 4.78 is 12.7. The van der Waals surface area contributed by atoms with Gasteiger partial charge >= 0.3 is 0 Å². The topological polar surface area (TPSA) is 0 Å². The lowest BCUT2D eigenvalue weighted by molar-refractivity contribution is 0.356. The normalized spacial score (nSPS) is 17.9. The van der Waals surface area contributed by atoms with Gasteiger partial charge in [-0.25, -0.2) is 4.39 Å². The average molecular weight is 205 g/mol. The summed E-state index contributed by atoms with van der Waals surface area (Å²) >= 11 is 0. The first-order valence-electron chi connectivity index (χ1n) is 5.93. The maximum Gasteiger partial charge on any atom is 0.123 e. The van der Waals surface area contributed by atoms with Crippen molar-refractivity contribution in [3.63, 3.8) is 0 Å². The Labute approximate surface area is 91.5 Å². The molecule has 81 valence electrons. The fourth-order valence-corrected chi connectivity index (χ4v) is 2.32. The molecule has 0 N–H and O–H groups in total. The zero-order valence-electron chi connectivity index (χ0n) is 9.08. The number of benzene rings is 1. The van der Waals surface area contributed by atoms with Crippen LogP contribution in [-0.4, -0.2) is 0 Å². The van der Waals surface area contributed by atoms with Gasteiger partial charge in [-0.1, -0.05) is 44.2 Å². The molecule has 0 unspecified atom stereocenters. The SMILES string of the molecule is Fc1ccc([CH]CC2CCCCC2)cc1. The maximum atomic E-state index is 12.7. The molecule has 1 radical (unpaired) electrons. The minimum absolute atomic E-state index is 0.148. The lowest BCUT2D eigenvalue weighted by Gasteiger charge is -2.21. The summed E-state index contributed by atoms with van der Waals surface area (Å²) in [6, 6.07) is 6.79. The molecule has 1 aromatic rings. The third-order valence-corrected chi connectivity index (χ3v) is 3.28. The molecule has 0 saturated heterocycles. The van der Waals surface area contributed by atoms with Crippen LogP contribution in [-0.2, 0) is 0 Å². The highest BCUT2D eigenvalue weighted by Crippen LogP contribution is 2.28. The van der Waals surface area contributed by atoms with Gasteiger partial charge in [0, 0.05) is 0 Å². The number of rotatable bonds is 3. The molecule has 0 amide bonds. The lowest BCUT2D eigenvalue weighted by atomic mass is 9.85. The summed E-state index contributed by atoms with van der Waals surface area (Å²) in [5.74, 6) is 0.716. The van der Waals surface area contributed by atoms with Gasteiger partial charge in [0.15, 0.2) is 0 Å². The van der Waals surface area contributed by atoms with E-state index in [1.165, 1.54) is 44.2 Å². The van der Waals surface area contributed by atoms with Crippen LogP contribution in [0.4, 0.5) is 4.39 Å². The van der Waals surface area contributed by atoms with Crippen molar-refractivity contribution in [1.29, 1.82) is 0 Å². The Bertz CT molecular complexity index is 283. The van der Waals surface area contributed by atoms with Gasteiger partial charge in [-0.15, -0.1) is 0 Å². The van der Waals surface area contributed by atoms with Gasteiger partial charge in [0.1, 0.15) is 5.82 Å². The van der Waals surface area contributed by atoms with Crippen molar-refractivity contribution in [2.24, 2.45) is 5.92 Å². The first-order chi connectivity index (χ1) is 7.34. The Hall–Kier alpha value is -0.850. The van der Waals surface area contributed by atoms with Crippen LogP contribution in [0.1, 0.15) is 44.1 Å². The van der Waals surface area contributed by atoms with Crippen molar-refractivity contribution < 1.29 is 4.39 Å². The molecule has 0 spiro atoms. The highest BCUT2D eigenvalue weighted by atomic mass is 19.1.